The molecular weight excluding hydrogens is 381 g/mol. The molecule has 1 saturated heterocycles. The normalized spacial score (nSPS) is 16.4. The van der Waals surface area contributed by atoms with E-state index in [1.165, 1.54) is 6.33 Å². The van der Waals surface area contributed by atoms with Crippen LogP contribution in [0.3, 0.4) is 0 Å². The first-order valence-electron chi connectivity index (χ1n) is 9.40. The Kier molecular flexibility index (Phi) is 4.97. The highest BCUT2D eigenvalue weighted by Gasteiger charge is 2.34. The Labute approximate surface area is 168 Å². The van der Waals surface area contributed by atoms with Crippen LogP contribution in [0.1, 0.15) is 42.6 Å². The van der Waals surface area contributed by atoms with Crippen molar-refractivity contribution in [3.05, 3.63) is 46.3 Å². The SMILES string of the molecule is CCOc1c(C(C)n2nc(C)c3cncnc32)cc(Cl)c(F)c1C1CN(C)C1. The number of hydrogen-bond acceptors (Lipinski definition) is 5. The minimum Gasteiger partial charge on any atom is -0.493 e. The second kappa shape index (κ2) is 7.29. The molecule has 0 radical (unpaired) electrons. The van der Waals surface area contributed by atoms with Crippen LogP contribution in [0.4, 0.5) is 4.39 Å². The van der Waals surface area contributed by atoms with E-state index >= 15 is 4.39 Å². The maximum Gasteiger partial charge on any atom is 0.161 e. The van der Waals surface area contributed by atoms with Gasteiger partial charge in [-0.1, -0.05) is 11.6 Å². The smallest absolute Gasteiger partial charge is 0.161 e. The van der Waals surface area contributed by atoms with Crippen LogP contribution in [-0.4, -0.2) is 51.4 Å². The van der Waals surface area contributed by atoms with Crippen molar-refractivity contribution in [2.75, 3.05) is 26.7 Å². The van der Waals surface area contributed by atoms with Crippen molar-refractivity contribution in [2.45, 2.75) is 32.7 Å². The van der Waals surface area contributed by atoms with E-state index < -0.39 is 0 Å². The number of nitrogens with zero attached hydrogens (tertiary/aromatic N) is 5. The fourth-order valence-corrected chi connectivity index (χ4v) is 4.16. The molecule has 4 rings (SSSR count). The molecule has 3 aromatic rings. The van der Waals surface area contributed by atoms with E-state index in [1.54, 1.807) is 12.3 Å². The van der Waals surface area contributed by atoms with Crippen LogP contribution in [0, 0.1) is 12.7 Å². The predicted octanol–water partition coefficient (Wildman–Crippen LogP) is 3.96. The van der Waals surface area contributed by atoms with Crippen molar-refractivity contribution in [3.8, 4) is 5.75 Å². The maximum atomic E-state index is 15.0. The molecule has 28 heavy (non-hydrogen) atoms. The van der Waals surface area contributed by atoms with E-state index in [-0.39, 0.29) is 22.8 Å². The highest BCUT2D eigenvalue weighted by Crippen LogP contribution is 2.43. The molecule has 8 heteroatoms. The maximum absolute atomic E-state index is 15.0. The summed E-state index contributed by atoms with van der Waals surface area (Å²) in [6.07, 6.45) is 3.26. The van der Waals surface area contributed by atoms with Crippen molar-refractivity contribution >= 4 is 22.6 Å². The molecule has 1 aliphatic heterocycles. The summed E-state index contributed by atoms with van der Waals surface area (Å²) in [5, 5.41) is 5.65. The van der Waals surface area contributed by atoms with Crippen molar-refractivity contribution in [2.24, 2.45) is 0 Å². The van der Waals surface area contributed by atoms with Crippen LogP contribution in [0.5, 0.6) is 5.75 Å². The monoisotopic (exact) mass is 403 g/mol. The Hall–Kier alpha value is -2.25. The first kappa shape index (κ1) is 19.1. The van der Waals surface area contributed by atoms with Crippen molar-refractivity contribution in [3.63, 3.8) is 0 Å². The quantitative estimate of drug-likeness (QED) is 0.645. The number of hydrogen-bond donors (Lipinski definition) is 0. The first-order chi connectivity index (χ1) is 13.4. The van der Waals surface area contributed by atoms with Crippen LogP contribution >= 0.6 is 11.6 Å². The van der Waals surface area contributed by atoms with Crippen LogP contribution in [0.25, 0.3) is 11.0 Å². The average molecular weight is 404 g/mol. The van der Waals surface area contributed by atoms with Crippen LogP contribution < -0.4 is 4.74 Å². The number of halogens is 2. The van der Waals surface area contributed by atoms with E-state index in [9.17, 15) is 0 Å². The third-order valence-electron chi connectivity index (χ3n) is 5.37. The summed E-state index contributed by atoms with van der Waals surface area (Å²) < 4.78 is 22.8. The van der Waals surface area contributed by atoms with Gasteiger partial charge in [-0.25, -0.2) is 19.0 Å². The lowest BCUT2D eigenvalue weighted by Gasteiger charge is -2.38. The largest absolute Gasteiger partial charge is 0.493 e. The molecule has 0 N–H and O–H groups in total. The zero-order valence-electron chi connectivity index (χ0n) is 16.4. The Balaban J connectivity index is 1.88. The number of aryl methyl sites for hydroxylation is 1. The van der Waals surface area contributed by atoms with Crippen molar-refractivity contribution in [1.29, 1.82) is 0 Å². The number of likely N-dealkylation sites (N-methyl/N-ethyl adjacent to an activating group) is 1. The molecule has 6 nitrogen and oxygen atoms in total. The summed E-state index contributed by atoms with van der Waals surface area (Å²) in [4.78, 5) is 10.6. The number of rotatable bonds is 5. The predicted molar refractivity (Wildman–Crippen MR) is 107 cm³/mol. The molecule has 1 fully saturated rings. The Morgan fingerprint density at radius 2 is 2.14 bits per heavy atom. The molecule has 0 saturated carbocycles. The van der Waals surface area contributed by atoms with Crippen molar-refractivity contribution < 1.29 is 9.13 Å². The third-order valence-corrected chi connectivity index (χ3v) is 5.64. The molecule has 0 aliphatic carbocycles. The lowest BCUT2D eigenvalue weighted by atomic mass is 9.88. The second-order valence-electron chi connectivity index (χ2n) is 7.32. The van der Waals surface area contributed by atoms with E-state index in [4.69, 9.17) is 16.3 Å². The van der Waals surface area contributed by atoms with Gasteiger partial charge in [-0.3, -0.25) is 0 Å². The van der Waals surface area contributed by atoms with E-state index in [0.29, 0.717) is 17.9 Å². The topological polar surface area (TPSA) is 56.1 Å². The first-order valence-corrected chi connectivity index (χ1v) is 9.78. The summed E-state index contributed by atoms with van der Waals surface area (Å²) >= 11 is 6.31. The van der Waals surface area contributed by atoms with Gasteiger partial charge >= 0.3 is 0 Å². The van der Waals surface area contributed by atoms with Crippen molar-refractivity contribution in [1.82, 2.24) is 24.6 Å². The Morgan fingerprint density at radius 3 is 2.82 bits per heavy atom. The average Bonchev–Trinajstić information content (AvgIpc) is 2.99. The second-order valence-corrected chi connectivity index (χ2v) is 7.73. The number of likely N-dealkylation sites (tertiary alicyclic amines) is 1. The number of fused-ring (bicyclic) bond motifs is 1. The van der Waals surface area contributed by atoms with Gasteiger partial charge in [0.2, 0.25) is 0 Å². The summed E-state index contributed by atoms with van der Waals surface area (Å²) in [7, 11) is 2.02. The highest BCUT2D eigenvalue weighted by atomic mass is 35.5. The minimum atomic E-state index is -0.386. The summed E-state index contributed by atoms with van der Waals surface area (Å²) in [6.45, 7) is 7.82. The van der Waals surface area contributed by atoms with Crippen LogP contribution in [0.2, 0.25) is 5.02 Å². The molecule has 3 heterocycles. The molecule has 2 aromatic heterocycles. The molecule has 1 aromatic carbocycles. The molecule has 0 bridgehead atoms. The molecule has 1 atom stereocenters. The van der Waals surface area contributed by atoms with Gasteiger partial charge in [-0.05, 0) is 33.9 Å². The van der Waals surface area contributed by atoms with Gasteiger partial charge in [0.1, 0.15) is 17.9 Å². The Morgan fingerprint density at radius 1 is 1.39 bits per heavy atom. The standard InChI is InChI=1S/C20H23ClFN5O/c1-5-28-19-14(6-16(21)18(22)17(19)13-8-26(4)9-13)12(3)27-20-15(11(2)25-27)7-23-10-24-20/h6-7,10,12-13H,5,8-9H2,1-4H3. The van der Waals surface area contributed by atoms with Gasteiger partial charge in [-0.2, -0.15) is 5.10 Å². The van der Waals surface area contributed by atoms with E-state index in [0.717, 1.165) is 35.4 Å². The highest BCUT2D eigenvalue weighted by molar-refractivity contribution is 6.31. The van der Waals surface area contributed by atoms with Gasteiger partial charge < -0.3 is 9.64 Å². The van der Waals surface area contributed by atoms with E-state index in [2.05, 4.69) is 20.0 Å². The fourth-order valence-electron chi connectivity index (χ4n) is 3.94. The zero-order valence-corrected chi connectivity index (χ0v) is 17.2. The molecule has 1 unspecified atom stereocenters. The number of ether oxygens (including phenoxy) is 1. The van der Waals surface area contributed by atoms with Gasteiger partial charge in [0, 0.05) is 36.3 Å². The third kappa shape index (κ3) is 3.02. The minimum absolute atomic E-state index is 0.0645. The zero-order chi connectivity index (χ0) is 20.0. The van der Waals surface area contributed by atoms with Crippen LogP contribution in [0.15, 0.2) is 18.6 Å². The molecule has 0 spiro atoms. The van der Waals surface area contributed by atoms with Gasteiger partial charge in [0.05, 0.1) is 28.8 Å². The Bertz CT molecular complexity index is 1030. The number of aromatic nitrogens is 4. The summed E-state index contributed by atoms with van der Waals surface area (Å²) in [5.41, 5.74) is 2.94. The van der Waals surface area contributed by atoms with Gasteiger partial charge in [0.15, 0.2) is 5.65 Å². The number of benzene rings is 1. The molecule has 148 valence electrons. The molecular formula is C20H23ClFN5O. The lowest BCUT2D eigenvalue weighted by molar-refractivity contribution is 0.181. The molecule has 1 aliphatic rings. The fraction of sp³-hybridized carbons (Fsp3) is 0.450. The lowest BCUT2D eigenvalue weighted by Crippen LogP contribution is -2.42. The van der Waals surface area contributed by atoms with Gasteiger partial charge in [0.25, 0.3) is 0 Å². The van der Waals surface area contributed by atoms with Gasteiger partial charge in [-0.15, -0.1) is 0 Å². The van der Waals surface area contributed by atoms with E-state index in [1.807, 2.05) is 32.5 Å². The summed E-state index contributed by atoms with van der Waals surface area (Å²) in [5.74, 6) is 0.253. The van der Waals surface area contributed by atoms with Crippen LogP contribution in [-0.2, 0) is 0 Å². The summed E-state index contributed by atoms with van der Waals surface area (Å²) in [6, 6.07) is 1.42. The molecule has 0 amide bonds.